The fourth-order valence-electron chi connectivity index (χ4n) is 2.89. The number of hydrogen-bond acceptors (Lipinski definition) is 5. The summed E-state index contributed by atoms with van der Waals surface area (Å²) in [5.74, 6) is 0.717. The molecule has 27 heavy (non-hydrogen) atoms. The van der Waals surface area contributed by atoms with Crippen LogP contribution < -0.4 is 10.1 Å². The van der Waals surface area contributed by atoms with E-state index >= 15 is 0 Å². The number of H-pyrrole nitrogens is 1. The second-order valence-electron chi connectivity index (χ2n) is 6.60. The molecular formula is C20H23N5O2. The molecule has 0 bridgehead atoms. The molecule has 0 aliphatic carbocycles. The number of nitrogens with one attached hydrogen (secondary N) is 2. The molecular weight excluding hydrogens is 342 g/mol. The maximum Gasteiger partial charge on any atom is 0.235 e. The van der Waals surface area contributed by atoms with E-state index in [-0.39, 0.29) is 5.91 Å². The lowest BCUT2D eigenvalue weighted by molar-refractivity contribution is -0.117. The number of rotatable bonds is 7. The van der Waals surface area contributed by atoms with Gasteiger partial charge in [-0.25, -0.2) is 0 Å². The van der Waals surface area contributed by atoms with E-state index in [2.05, 4.69) is 39.8 Å². The quantitative estimate of drug-likeness (QED) is 0.670. The van der Waals surface area contributed by atoms with Crippen LogP contribution in [-0.4, -0.2) is 33.6 Å². The van der Waals surface area contributed by atoms with Crippen molar-refractivity contribution in [3.05, 3.63) is 65.5 Å². The molecule has 0 spiro atoms. The molecule has 3 aromatic rings. The van der Waals surface area contributed by atoms with Crippen LogP contribution in [0, 0.1) is 0 Å². The Balaban J connectivity index is 1.81. The van der Waals surface area contributed by atoms with Crippen LogP contribution in [0.2, 0.25) is 0 Å². The molecule has 0 radical (unpaired) electrons. The second kappa shape index (κ2) is 8.44. The summed E-state index contributed by atoms with van der Waals surface area (Å²) in [6.45, 7) is 4.26. The fourth-order valence-corrected chi connectivity index (χ4v) is 2.89. The highest BCUT2D eigenvalue weighted by Gasteiger charge is 2.26. The molecule has 0 aliphatic heterocycles. The summed E-state index contributed by atoms with van der Waals surface area (Å²) < 4.78 is 5.40. The van der Waals surface area contributed by atoms with Crippen LogP contribution >= 0.6 is 0 Å². The summed E-state index contributed by atoms with van der Waals surface area (Å²) in [4.78, 5) is 13.0. The first-order valence-electron chi connectivity index (χ1n) is 8.84. The lowest BCUT2D eigenvalue weighted by Crippen LogP contribution is -2.24. The maximum absolute atomic E-state index is 13.0. The van der Waals surface area contributed by atoms with Gasteiger partial charge in [-0.3, -0.25) is 4.79 Å². The van der Waals surface area contributed by atoms with Gasteiger partial charge in [0.1, 0.15) is 11.7 Å². The van der Waals surface area contributed by atoms with Crippen LogP contribution in [-0.2, 0) is 11.2 Å². The van der Waals surface area contributed by atoms with Crippen LogP contribution in [0.1, 0.15) is 42.6 Å². The van der Waals surface area contributed by atoms with Gasteiger partial charge >= 0.3 is 0 Å². The number of nitrogens with zero attached hydrogens (tertiary/aromatic N) is 3. The fraction of sp³-hybridized carbons (Fsp3) is 0.300. The van der Waals surface area contributed by atoms with Crippen LogP contribution in [0.25, 0.3) is 0 Å². The SMILES string of the molecule is COc1ccccc1C[C@@H](C(=O)Nc1ccc(C(C)C)cc1)c1nn[nH]n1. The predicted molar refractivity (Wildman–Crippen MR) is 103 cm³/mol. The topological polar surface area (TPSA) is 92.8 Å². The number of ether oxygens (including phenoxy) is 1. The van der Waals surface area contributed by atoms with Gasteiger partial charge in [0.15, 0.2) is 5.82 Å². The van der Waals surface area contributed by atoms with E-state index in [1.165, 1.54) is 5.56 Å². The first-order valence-corrected chi connectivity index (χ1v) is 8.84. The van der Waals surface area contributed by atoms with Gasteiger partial charge in [-0.1, -0.05) is 49.4 Å². The molecule has 0 saturated heterocycles. The zero-order valence-corrected chi connectivity index (χ0v) is 15.6. The summed E-state index contributed by atoms with van der Waals surface area (Å²) in [6.07, 6.45) is 0.402. The Bertz CT molecular complexity index is 876. The maximum atomic E-state index is 13.0. The van der Waals surface area contributed by atoms with Gasteiger partial charge in [0.2, 0.25) is 5.91 Å². The number of para-hydroxylation sites is 1. The lowest BCUT2D eigenvalue weighted by Gasteiger charge is -2.16. The van der Waals surface area contributed by atoms with E-state index in [0.29, 0.717) is 18.2 Å². The first-order chi connectivity index (χ1) is 13.1. The van der Waals surface area contributed by atoms with Crippen molar-refractivity contribution in [3.63, 3.8) is 0 Å². The number of methoxy groups -OCH3 is 1. The van der Waals surface area contributed by atoms with Gasteiger partial charge in [-0.2, -0.15) is 5.21 Å². The van der Waals surface area contributed by atoms with Crippen molar-refractivity contribution in [1.29, 1.82) is 0 Å². The predicted octanol–water partition coefficient (Wildman–Crippen LogP) is 3.30. The van der Waals surface area contributed by atoms with E-state index in [4.69, 9.17) is 4.74 Å². The third kappa shape index (κ3) is 4.49. The number of carbonyl (C=O) groups is 1. The van der Waals surface area contributed by atoms with Crippen LogP contribution in [0.3, 0.4) is 0 Å². The van der Waals surface area contributed by atoms with E-state index in [1.54, 1.807) is 7.11 Å². The van der Waals surface area contributed by atoms with Crippen molar-refractivity contribution in [2.45, 2.75) is 32.1 Å². The molecule has 0 aliphatic rings. The summed E-state index contributed by atoms with van der Waals surface area (Å²) in [6, 6.07) is 15.4. The molecule has 1 heterocycles. The van der Waals surface area contributed by atoms with Gasteiger partial charge in [-0.15, -0.1) is 10.2 Å². The number of aromatic amines is 1. The number of anilines is 1. The van der Waals surface area contributed by atoms with E-state index in [0.717, 1.165) is 17.0 Å². The number of tetrazole rings is 1. The first kappa shape index (κ1) is 18.6. The highest BCUT2D eigenvalue weighted by atomic mass is 16.5. The van der Waals surface area contributed by atoms with Gasteiger partial charge in [0, 0.05) is 5.69 Å². The van der Waals surface area contributed by atoms with E-state index < -0.39 is 5.92 Å². The zero-order valence-electron chi connectivity index (χ0n) is 15.6. The Morgan fingerprint density at radius 3 is 2.52 bits per heavy atom. The standard InChI is InChI=1S/C20H23N5O2/c1-13(2)14-8-10-16(11-9-14)21-20(26)17(19-22-24-25-23-19)12-15-6-4-5-7-18(15)27-3/h4-11,13,17H,12H2,1-3H3,(H,21,26)(H,22,23,24,25)/t17-/m1/s1. The Morgan fingerprint density at radius 1 is 1.15 bits per heavy atom. The number of hydrogen-bond donors (Lipinski definition) is 2. The summed E-state index contributed by atoms with van der Waals surface area (Å²) >= 11 is 0. The van der Waals surface area contributed by atoms with Crippen molar-refractivity contribution < 1.29 is 9.53 Å². The molecule has 2 N–H and O–H groups in total. The minimum Gasteiger partial charge on any atom is -0.496 e. The Morgan fingerprint density at radius 2 is 1.89 bits per heavy atom. The van der Waals surface area contributed by atoms with Crippen LogP contribution in [0.15, 0.2) is 48.5 Å². The number of aromatic nitrogens is 4. The Kier molecular flexibility index (Phi) is 5.80. The van der Waals surface area contributed by atoms with Crippen molar-refractivity contribution in [2.24, 2.45) is 0 Å². The number of carbonyl (C=O) groups excluding carboxylic acids is 1. The van der Waals surface area contributed by atoms with Gasteiger partial charge in [-0.05, 0) is 41.7 Å². The largest absolute Gasteiger partial charge is 0.496 e. The highest BCUT2D eigenvalue weighted by Crippen LogP contribution is 2.26. The van der Waals surface area contributed by atoms with Crippen LogP contribution in [0.4, 0.5) is 5.69 Å². The highest BCUT2D eigenvalue weighted by molar-refractivity contribution is 5.95. The molecule has 0 unspecified atom stereocenters. The summed E-state index contributed by atoms with van der Waals surface area (Å²) in [7, 11) is 1.61. The van der Waals surface area contributed by atoms with Crippen molar-refractivity contribution in [2.75, 3.05) is 12.4 Å². The zero-order chi connectivity index (χ0) is 19.2. The van der Waals surface area contributed by atoms with Crippen molar-refractivity contribution in [3.8, 4) is 5.75 Å². The summed E-state index contributed by atoms with van der Waals surface area (Å²) in [5.41, 5.74) is 2.86. The average Bonchev–Trinajstić information content (AvgIpc) is 3.21. The van der Waals surface area contributed by atoms with E-state index in [9.17, 15) is 4.79 Å². The van der Waals surface area contributed by atoms with Gasteiger partial charge < -0.3 is 10.1 Å². The molecule has 1 atom stereocenters. The normalized spacial score (nSPS) is 12.0. The third-order valence-corrected chi connectivity index (χ3v) is 4.45. The minimum absolute atomic E-state index is 0.195. The minimum atomic E-state index is -0.593. The number of amides is 1. The molecule has 1 amide bonds. The summed E-state index contributed by atoms with van der Waals surface area (Å²) in [5, 5.41) is 17.0. The van der Waals surface area contributed by atoms with Crippen LogP contribution in [0.5, 0.6) is 5.75 Å². The number of benzene rings is 2. The smallest absolute Gasteiger partial charge is 0.235 e. The Labute approximate surface area is 158 Å². The van der Waals surface area contributed by atoms with Crippen molar-refractivity contribution >= 4 is 11.6 Å². The molecule has 7 nitrogen and oxygen atoms in total. The monoisotopic (exact) mass is 365 g/mol. The molecule has 0 saturated carbocycles. The van der Waals surface area contributed by atoms with Crippen molar-refractivity contribution in [1.82, 2.24) is 20.6 Å². The second-order valence-corrected chi connectivity index (χ2v) is 6.60. The third-order valence-electron chi connectivity index (χ3n) is 4.45. The van der Waals surface area contributed by atoms with Gasteiger partial charge in [0.25, 0.3) is 0 Å². The Hall–Kier alpha value is -3.22. The molecule has 0 fully saturated rings. The molecule has 140 valence electrons. The molecule has 3 rings (SSSR count). The molecule has 7 heteroatoms. The van der Waals surface area contributed by atoms with Gasteiger partial charge in [0.05, 0.1) is 7.11 Å². The molecule has 1 aromatic heterocycles. The van der Waals surface area contributed by atoms with E-state index in [1.807, 2.05) is 48.5 Å². The lowest BCUT2D eigenvalue weighted by atomic mass is 9.96. The molecule has 2 aromatic carbocycles. The average molecular weight is 365 g/mol.